The van der Waals surface area contributed by atoms with Crippen molar-refractivity contribution < 1.29 is 0 Å². The summed E-state index contributed by atoms with van der Waals surface area (Å²) >= 11 is 0. The second kappa shape index (κ2) is 8.31. The van der Waals surface area contributed by atoms with Gasteiger partial charge in [0.05, 0.1) is 0 Å². The van der Waals surface area contributed by atoms with Gasteiger partial charge >= 0.3 is 0 Å². The summed E-state index contributed by atoms with van der Waals surface area (Å²) in [6, 6.07) is 18.1. The molecule has 2 rings (SSSR count). The van der Waals surface area contributed by atoms with E-state index in [1.54, 1.807) is 0 Å². The maximum Gasteiger partial charge on any atom is -0.00189 e. The van der Waals surface area contributed by atoms with Crippen molar-refractivity contribution in [1.29, 1.82) is 0 Å². The van der Waals surface area contributed by atoms with Crippen LogP contribution < -0.4 is 0 Å². The summed E-state index contributed by atoms with van der Waals surface area (Å²) in [5.74, 6) is 1.19. The molecule has 2 aromatic rings. The van der Waals surface area contributed by atoms with Crippen molar-refractivity contribution in [2.45, 2.75) is 45.4 Å². The monoisotopic (exact) mass is 309 g/mol. The molecule has 1 nitrogen and oxygen atoms in total. The predicted molar refractivity (Wildman–Crippen MR) is 101 cm³/mol. The lowest BCUT2D eigenvalue weighted by Gasteiger charge is -2.22. The predicted octanol–water partition coefficient (Wildman–Crippen LogP) is 5.40. The van der Waals surface area contributed by atoms with Crippen LogP contribution in [0.1, 0.15) is 54.4 Å². The lowest BCUT2D eigenvalue weighted by atomic mass is 9.86. The van der Waals surface area contributed by atoms with Crippen molar-refractivity contribution in [3.63, 3.8) is 0 Å². The topological polar surface area (TPSA) is 3.24 Å². The Bertz CT molecular complexity index is 596. The van der Waals surface area contributed by atoms with E-state index in [9.17, 15) is 0 Å². The van der Waals surface area contributed by atoms with Crippen molar-refractivity contribution in [3.8, 4) is 0 Å². The van der Waals surface area contributed by atoms with Crippen molar-refractivity contribution in [1.82, 2.24) is 4.90 Å². The van der Waals surface area contributed by atoms with Gasteiger partial charge in [-0.3, -0.25) is 0 Å². The second-order valence-corrected chi connectivity index (χ2v) is 7.25. The highest BCUT2D eigenvalue weighted by Gasteiger charge is 2.15. The van der Waals surface area contributed by atoms with E-state index in [0.29, 0.717) is 11.8 Å². The zero-order valence-corrected chi connectivity index (χ0v) is 15.3. The largest absolute Gasteiger partial charge is 0.309 e. The normalized spacial score (nSPS) is 12.8. The first-order valence-corrected chi connectivity index (χ1v) is 8.76. The molecule has 0 aliphatic carbocycles. The lowest BCUT2D eigenvalue weighted by molar-refractivity contribution is 0.379. The Balaban J connectivity index is 2.18. The van der Waals surface area contributed by atoms with Crippen LogP contribution in [-0.2, 0) is 6.42 Å². The van der Waals surface area contributed by atoms with Crippen LogP contribution in [0.2, 0.25) is 0 Å². The van der Waals surface area contributed by atoms with Crippen molar-refractivity contribution in [2.75, 3.05) is 20.6 Å². The summed E-state index contributed by atoms with van der Waals surface area (Å²) in [4.78, 5) is 2.28. The smallest absolute Gasteiger partial charge is 0.00189 e. The van der Waals surface area contributed by atoms with Gasteiger partial charge in [0, 0.05) is 0 Å². The third kappa shape index (κ3) is 5.21. The molecule has 0 saturated carbocycles. The van der Waals surface area contributed by atoms with Gasteiger partial charge in [0.1, 0.15) is 0 Å². The quantitative estimate of drug-likeness (QED) is 0.662. The molecule has 0 aliphatic heterocycles. The summed E-state index contributed by atoms with van der Waals surface area (Å²) < 4.78 is 0. The van der Waals surface area contributed by atoms with Crippen LogP contribution in [-0.4, -0.2) is 25.5 Å². The third-order valence-electron chi connectivity index (χ3n) is 4.68. The second-order valence-electron chi connectivity index (χ2n) is 7.25. The third-order valence-corrected chi connectivity index (χ3v) is 4.68. The fraction of sp³-hybridized carbons (Fsp3) is 0.455. The van der Waals surface area contributed by atoms with Crippen LogP contribution in [0.3, 0.4) is 0 Å². The highest BCUT2D eigenvalue weighted by atomic mass is 15.0. The van der Waals surface area contributed by atoms with Gasteiger partial charge in [-0.1, -0.05) is 62.4 Å². The molecule has 1 atom stereocenters. The van der Waals surface area contributed by atoms with E-state index < -0.39 is 0 Å². The van der Waals surface area contributed by atoms with Crippen molar-refractivity contribution in [3.05, 3.63) is 70.8 Å². The molecule has 0 aromatic heterocycles. The molecule has 1 unspecified atom stereocenters. The van der Waals surface area contributed by atoms with Gasteiger partial charge in [-0.15, -0.1) is 0 Å². The SMILES string of the molecule is Cc1ccccc1C(CCN(C)C)Cc1ccc(C(C)C)cc1. The Labute approximate surface area is 142 Å². The lowest BCUT2D eigenvalue weighted by Crippen LogP contribution is -2.17. The first-order chi connectivity index (χ1) is 11.0. The molecule has 0 heterocycles. The summed E-state index contributed by atoms with van der Waals surface area (Å²) in [6.07, 6.45) is 2.32. The molecule has 0 bridgehead atoms. The van der Waals surface area contributed by atoms with Crippen LogP contribution in [0.4, 0.5) is 0 Å². The fourth-order valence-electron chi connectivity index (χ4n) is 3.15. The maximum absolute atomic E-state index is 2.32. The highest BCUT2D eigenvalue weighted by molar-refractivity contribution is 5.32. The minimum atomic E-state index is 0.587. The molecule has 0 aliphatic rings. The minimum absolute atomic E-state index is 0.587. The zero-order chi connectivity index (χ0) is 16.8. The zero-order valence-electron chi connectivity index (χ0n) is 15.3. The van der Waals surface area contributed by atoms with Crippen LogP contribution in [0, 0.1) is 6.92 Å². The van der Waals surface area contributed by atoms with Gasteiger partial charge in [0.2, 0.25) is 0 Å². The van der Waals surface area contributed by atoms with Crippen LogP contribution in [0.5, 0.6) is 0 Å². The Morgan fingerprint density at radius 2 is 1.57 bits per heavy atom. The fourth-order valence-corrected chi connectivity index (χ4v) is 3.15. The van der Waals surface area contributed by atoms with E-state index in [1.165, 1.54) is 28.7 Å². The molecular weight excluding hydrogens is 278 g/mol. The summed E-state index contributed by atoms with van der Waals surface area (Å²) in [6.45, 7) is 7.87. The summed E-state index contributed by atoms with van der Waals surface area (Å²) in [7, 11) is 4.32. The summed E-state index contributed by atoms with van der Waals surface area (Å²) in [5.41, 5.74) is 5.79. The standard InChI is InChI=1S/C22H31N/c1-17(2)20-12-10-19(11-13-20)16-21(14-15-23(4)5)22-9-7-6-8-18(22)3/h6-13,17,21H,14-16H2,1-5H3. The number of hydrogen-bond donors (Lipinski definition) is 0. The highest BCUT2D eigenvalue weighted by Crippen LogP contribution is 2.28. The maximum atomic E-state index is 2.32. The number of aryl methyl sites for hydroxylation is 1. The molecule has 0 amide bonds. The Morgan fingerprint density at radius 1 is 0.913 bits per heavy atom. The van der Waals surface area contributed by atoms with E-state index >= 15 is 0 Å². The van der Waals surface area contributed by atoms with Crippen LogP contribution in [0.25, 0.3) is 0 Å². The summed E-state index contributed by atoms with van der Waals surface area (Å²) in [5, 5.41) is 0. The average molecular weight is 309 g/mol. The van der Waals surface area contributed by atoms with E-state index in [0.717, 1.165) is 13.0 Å². The van der Waals surface area contributed by atoms with Gasteiger partial charge in [0.15, 0.2) is 0 Å². The molecule has 0 N–H and O–H groups in total. The molecule has 23 heavy (non-hydrogen) atoms. The van der Waals surface area contributed by atoms with E-state index in [4.69, 9.17) is 0 Å². The first kappa shape index (κ1) is 17.7. The van der Waals surface area contributed by atoms with Crippen LogP contribution >= 0.6 is 0 Å². The van der Waals surface area contributed by atoms with Gasteiger partial charge in [-0.2, -0.15) is 0 Å². The van der Waals surface area contributed by atoms with Crippen molar-refractivity contribution in [2.24, 2.45) is 0 Å². The number of rotatable bonds is 7. The molecule has 2 aromatic carbocycles. The molecule has 0 fully saturated rings. The van der Waals surface area contributed by atoms with Crippen LogP contribution in [0.15, 0.2) is 48.5 Å². The molecule has 1 heteroatoms. The molecule has 0 radical (unpaired) electrons. The number of benzene rings is 2. The Hall–Kier alpha value is -1.60. The van der Waals surface area contributed by atoms with Gasteiger partial charge in [-0.25, -0.2) is 0 Å². The Kier molecular flexibility index (Phi) is 6.41. The van der Waals surface area contributed by atoms with E-state index in [-0.39, 0.29) is 0 Å². The number of nitrogens with zero attached hydrogens (tertiary/aromatic N) is 1. The minimum Gasteiger partial charge on any atom is -0.309 e. The van der Waals surface area contributed by atoms with Gasteiger partial charge in [0.25, 0.3) is 0 Å². The molecule has 124 valence electrons. The number of hydrogen-bond acceptors (Lipinski definition) is 1. The molecular formula is C22H31N. The van der Waals surface area contributed by atoms with Crippen molar-refractivity contribution >= 4 is 0 Å². The Morgan fingerprint density at radius 3 is 2.13 bits per heavy atom. The van der Waals surface area contributed by atoms with Gasteiger partial charge in [-0.05, 0) is 74.5 Å². The van der Waals surface area contributed by atoms with E-state index in [1.807, 2.05) is 0 Å². The van der Waals surface area contributed by atoms with E-state index in [2.05, 4.69) is 88.3 Å². The molecule has 0 saturated heterocycles. The molecule has 0 spiro atoms. The average Bonchev–Trinajstić information content (AvgIpc) is 2.52. The van der Waals surface area contributed by atoms with Gasteiger partial charge < -0.3 is 4.90 Å². The first-order valence-electron chi connectivity index (χ1n) is 8.76.